The maximum Gasteiger partial charge on any atom is 0.271 e. The number of aromatic nitrogens is 1. The molecule has 1 amide bonds. The number of nitrogens with zero attached hydrogens (tertiary/aromatic N) is 2. The highest BCUT2D eigenvalue weighted by Crippen LogP contribution is 2.12. The minimum atomic E-state index is -0.118. The molecule has 0 spiro atoms. The van der Waals surface area contributed by atoms with E-state index in [9.17, 15) is 4.79 Å². The van der Waals surface area contributed by atoms with E-state index in [0.717, 1.165) is 43.6 Å². The number of carbonyl (C=O) groups excluding carboxylic acids is 1. The van der Waals surface area contributed by atoms with E-state index in [2.05, 4.69) is 36.4 Å². The van der Waals surface area contributed by atoms with Gasteiger partial charge < -0.3 is 15.5 Å². The quantitative estimate of drug-likeness (QED) is 0.788. The number of nitrogens with one attached hydrogen (secondary N) is 2. The van der Waals surface area contributed by atoms with Gasteiger partial charge in [-0.3, -0.25) is 4.79 Å². The van der Waals surface area contributed by atoms with Crippen molar-refractivity contribution in [1.29, 1.82) is 0 Å². The summed E-state index contributed by atoms with van der Waals surface area (Å²) in [5, 5.41) is 6.23. The maximum absolute atomic E-state index is 11.9. The minimum absolute atomic E-state index is 0.118. The average molecular weight is 327 g/mol. The highest BCUT2D eigenvalue weighted by atomic mass is 79.9. The van der Waals surface area contributed by atoms with Crippen molar-refractivity contribution in [3.8, 4) is 0 Å². The number of carbonyl (C=O) groups is 1. The molecule has 1 aromatic rings. The highest BCUT2D eigenvalue weighted by Gasteiger charge is 2.11. The first-order valence-electron chi connectivity index (χ1n) is 6.59. The Labute approximate surface area is 121 Å². The van der Waals surface area contributed by atoms with Crippen LogP contribution in [0.1, 0.15) is 16.9 Å². The summed E-state index contributed by atoms with van der Waals surface area (Å²) in [4.78, 5) is 18.4. The number of hydrogen-bond donors (Lipinski definition) is 2. The van der Waals surface area contributed by atoms with Gasteiger partial charge in [0.1, 0.15) is 5.69 Å². The molecule has 1 aliphatic rings. The van der Waals surface area contributed by atoms with E-state index >= 15 is 0 Å². The third-order valence-corrected chi connectivity index (χ3v) is 3.76. The molecule has 19 heavy (non-hydrogen) atoms. The van der Waals surface area contributed by atoms with E-state index in [1.54, 1.807) is 12.3 Å². The number of hydrogen-bond acceptors (Lipinski definition) is 4. The van der Waals surface area contributed by atoms with Gasteiger partial charge >= 0.3 is 0 Å². The van der Waals surface area contributed by atoms with E-state index < -0.39 is 0 Å². The van der Waals surface area contributed by atoms with Crippen molar-refractivity contribution in [3.63, 3.8) is 0 Å². The second-order valence-corrected chi connectivity index (χ2v) is 5.39. The summed E-state index contributed by atoms with van der Waals surface area (Å²) in [6.45, 7) is 6.04. The van der Waals surface area contributed by atoms with Crippen molar-refractivity contribution in [2.24, 2.45) is 0 Å². The van der Waals surface area contributed by atoms with Crippen molar-refractivity contribution in [1.82, 2.24) is 20.5 Å². The Morgan fingerprint density at radius 2 is 2.26 bits per heavy atom. The summed E-state index contributed by atoms with van der Waals surface area (Å²) in [7, 11) is 0. The highest BCUT2D eigenvalue weighted by molar-refractivity contribution is 9.10. The standard InChI is InChI=1S/C13H19BrN4O/c14-11-3-1-4-16-12(11)13(19)17-5-2-8-18-9-6-15-7-10-18/h1,3-4,15H,2,5-10H2,(H,17,19). The van der Waals surface area contributed by atoms with Crippen LogP contribution in [0.3, 0.4) is 0 Å². The smallest absolute Gasteiger partial charge is 0.271 e. The van der Waals surface area contributed by atoms with Gasteiger partial charge in [-0.1, -0.05) is 0 Å². The summed E-state index contributed by atoms with van der Waals surface area (Å²) < 4.78 is 0.731. The summed E-state index contributed by atoms with van der Waals surface area (Å²) in [6.07, 6.45) is 2.59. The number of piperazine rings is 1. The van der Waals surface area contributed by atoms with Crippen LogP contribution in [0.25, 0.3) is 0 Å². The zero-order chi connectivity index (χ0) is 13.5. The first-order chi connectivity index (χ1) is 9.27. The monoisotopic (exact) mass is 326 g/mol. The molecular formula is C13H19BrN4O. The molecule has 0 bridgehead atoms. The Morgan fingerprint density at radius 1 is 1.47 bits per heavy atom. The Balaban J connectivity index is 1.68. The Kier molecular flexibility index (Phi) is 5.75. The fourth-order valence-electron chi connectivity index (χ4n) is 2.08. The lowest BCUT2D eigenvalue weighted by Crippen LogP contribution is -2.44. The van der Waals surface area contributed by atoms with Crippen molar-refractivity contribution < 1.29 is 4.79 Å². The normalized spacial score (nSPS) is 16.3. The van der Waals surface area contributed by atoms with E-state index in [-0.39, 0.29) is 5.91 Å². The lowest BCUT2D eigenvalue weighted by Gasteiger charge is -2.27. The SMILES string of the molecule is O=C(NCCCN1CCNCC1)c1ncccc1Br. The van der Waals surface area contributed by atoms with Crippen LogP contribution < -0.4 is 10.6 Å². The van der Waals surface area contributed by atoms with Gasteiger partial charge in [-0.25, -0.2) is 4.98 Å². The van der Waals surface area contributed by atoms with Crippen molar-refractivity contribution in [2.45, 2.75) is 6.42 Å². The van der Waals surface area contributed by atoms with Crippen LogP contribution in [0, 0.1) is 0 Å². The zero-order valence-corrected chi connectivity index (χ0v) is 12.4. The second kappa shape index (κ2) is 7.57. The second-order valence-electron chi connectivity index (χ2n) is 4.53. The average Bonchev–Trinajstić information content (AvgIpc) is 2.45. The molecule has 0 unspecified atom stereocenters. The molecule has 2 N–H and O–H groups in total. The van der Waals surface area contributed by atoms with Crippen LogP contribution in [-0.2, 0) is 0 Å². The molecule has 1 saturated heterocycles. The lowest BCUT2D eigenvalue weighted by molar-refractivity contribution is 0.0945. The van der Waals surface area contributed by atoms with Crippen LogP contribution in [0.4, 0.5) is 0 Å². The Bertz CT molecular complexity index is 421. The zero-order valence-electron chi connectivity index (χ0n) is 10.9. The van der Waals surface area contributed by atoms with Crippen LogP contribution in [0.2, 0.25) is 0 Å². The molecule has 1 aliphatic heterocycles. The van der Waals surface area contributed by atoms with Crippen molar-refractivity contribution in [2.75, 3.05) is 39.3 Å². The molecule has 104 valence electrons. The molecule has 0 atom stereocenters. The molecule has 0 radical (unpaired) electrons. The van der Waals surface area contributed by atoms with Crippen molar-refractivity contribution >= 4 is 21.8 Å². The predicted octanol–water partition coefficient (Wildman–Crippen LogP) is 0.869. The van der Waals surface area contributed by atoms with E-state index in [1.165, 1.54) is 0 Å². The van der Waals surface area contributed by atoms with Crippen LogP contribution in [0.15, 0.2) is 22.8 Å². The lowest BCUT2D eigenvalue weighted by atomic mass is 10.3. The van der Waals surface area contributed by atoms with E-state index in [4.69, 9.17) is 0 Å². The van der Waals surface area contributed by atoms with Gasteiger partial charge in [0.25, 0.3) is 5.91 Å². The van der Waals surface area contributed by atoms with Gasteiger partial charge in [-0.05, 0) is 41.0 Å². The molecule has 1 aromatic heterocycles. The molecule has 0 aliphatic carbocycles. The van der Waals surface area contributed by atoms with E-state index in [1.807, 2.05) is 6.07 Å². The summed E-state index contributed by atoms with van der Waals surface area (Å²) in [5.41, 5.74) is 0.449. The first kappa shape index (κ1) is 14.4. The Hall–Kier alpha value is -0.980. The largest absolute Gasteiger partial charge is 0.351 e. The number of halogens is 1. The fraction of sp³-hybridized carbons (Fsp3) is 0.538. The van der Waals surface area contributed by atoms with Gasteiger partial charge in [0.15, 0.2) is 0 Å². The topological polar surface area (TPSA) is 57.3 Å². The molecule has 2 rings (SSSR count). The molecule has 6 heteroatoms. The van der Waals surface area contributed by atoms with Gasteiger partial charge in [0.05, 0.1) is 0 Å². The van der Waals surface area contributed by atoms with Gasteiger partial charge in [-0.15, -0.1) is 0 Å². The number of rotatable bonds is 5. The van der Waals surface area contributed by atoms with Crippen molar-refractivity contribution in [3.05, 3.63) is 28.5 Å². The van der Waals surface area contributed by atoms with Crippen LogP contribution in [-0.4, -0.2) is 55.1 Å². The van der Waals surface area contributed by atoms with E-state index in [0.29, 0.717) is 12.2 Å². The number of pyridine rings is 1. The van der Waals surface area contributed by atoms with Gasteiger partial charge in [0, 0.05) is 43.4 Å². The van der Waals surface area contributed by atoms with Crippen LogP contribution >= 0.6 is 15.9 Å². The Morgan fingerprint density at radius 3 is 3.00 bits per heavy atom. The fourth-order valence-corrected chi connectivity index (χ4v) is 2.51. The number of amides is 1. The maximum atomic E-state index is 11.9. The third kappa shape index (κ3) is 4.56. The molecule has 5 nitrogen and oxygen atoms in total. The first-order valence-corrected chi connectivity index (χ1v) is 7.38. The summed E-state index contributed by atoms with van der Waals surface area (Å²) >= 11 is 3.33. The minimum Gasteiger partial charge on any atom is -0.351 e. The predicted molar refractivity (Wildman–Crippen MR) is 78.2 cm³/mol. The summed E-state index contributed by atoms with van der Waals surface area (Å²) in [6, 6.07) is 3.62. The van der Waals surface area contributed by atoms with Gasteiger partial charge in [0.2, 0.25) is 0 Å². The van der Waals surface area contributed by atoms with Gasteiger partial charge in [-0.2, -0.15) is 0 Å². The molecule has 0 saturated carbocycles. The third-order valence-electron chi connectivity index (χ3n) is 3.12. The molecule has 0 aromatic carbocycles. The molecule has 1 fully saturated rings. The molecule has 2 heterocycles. The molecular weight excluding hydrogens is 308 g/mol. The van der Waals surface area contributed by atoms with Crippen LogP contribution in [0.5, 0.6) is 0 Å². The summed E-state index contributed by atoms with van der Waals surface area (Å²) in [5.74, 6) is -0.118.